The Morgan fingerprint density at radius 2 is 2.28 bits per heavy atom. The lowest BCUT2D eigenvalue weighted by atomic mass is 10.2. The number of nitro benzene ring substituents is 1. The monoisotopic (exact) mass is 359 g/mol. The van der Waals surface area contributed by atoms with Crippen molar-refractivity contribution in [2.24, 2.45) is 0 Å². The van der Waals surface area contributed by atoms with E-state index in [1.807, 2.05) is 22.6 Å². The molecule has 0 unspecified atom stereocenters. The molecule has 0 spiro atoms. The number of nitrogens with zero attached hydrogens (tertiary/aromatic N) is 2. The number of nitrogens with one attached hydrogen (secondary N) is 1. The number of nitro groups is 1. The highest BCUT2D eigenvalue weighted by Crippen LogP contribution is 2.20. The van der Waals surface area contributed by atoms with Crippen molar-refractivity contribution < 1.29 is 14.2 Å². The summed E-state index contributed by atoms with van der Waals surface area (Å²) in [6.07, 6.45) is 2.60. The summed E-state index contributed by atoms with van der Waals surface area (Å²) in [5.41, 5.74) is 0.485. The fourth-order valence-corrected chi connectivity index (χ4v) is 1.85. The molecule has 0 aliphatic carbocycles. The molecule has 0 radical (unpaired) electrons. The van der Waals surface area contributed by atoms with Crippen molar-refractivity contribution in [1.29, 1.82) is 0 Å². The Morgan fingerprint density at radius 3 is 2.89 bits per heavy atom. The normalized spacial score (nSPS) is 10.1. The van der Waals surface area contributed by atoms with Crippen molar-refractivity contribution in [3.63, 3.8) is 0 Å². The van der Waals surface area contributed by atoms with E-state index in [-0.39, 0.29) is 11.3 Å². The van der Waals surface area contributed by atoms with Gasteiger partial charge in [0.25, 0.3) is 11.6 Å². The molecule has 2 aromatic rings. The molecule has 0 bridgehead atoms. The lowest BCUT2D eigenvalue weighted by Crippen LogP contribution is -2.13. The molecule has 8 heteroatoms. The van der Waals surface area contributed by atoms with Gasteiger partial charge in [0.2, 0.25) is 0 Å². The van der Waals surface area contributed by atoms with Crippen LogP contribution in [-0.4, -0.2) is 16.0 Å². The number of anilines is 1. The number of hydrogen-bond donors (Lipinski definition) is 1. The van der Waals surface area contributed by atoms with Crippen LogP contribution in [-0.2, 0) is 0 Å². The predicted molar refractivity (Wildman–Crippen MR) is 70.3 cm³/mol. The van der Waals surface area contributed by atoms with E-state index in [0.29, 0.717) is 9.26 Å². The Balaban J connectivity index is 2.29. The van der Waals surface area contributed by atoms with Gasteiger partial charge in [-0.15, -0.1) is 0 Å². The fraction of sp³-hybridized carbons (Fsp3) is 0. The number of benzene rings is 1. The number of amides is 1. The van der Waals surface area contributed by atoms with Crippen LogP contribution in [0.5, 0.6) is 0 Å². The second-order valence-electron chi connectivity index (χ2n) is 3.29. The van der Waals surface area contributed by atoms with Crippen LogP contribution in [0.1, 0.15) is 10.4 Å². The summed E-state index contributed by atoms with van der Waals surface area (Å²) < 4.78 is 5.19. The van der Waals surface area contributed by atoms with Crippen LogP contribution in [0.2, 0.25) is 0 Å². The van der Waals surface area contributed by atoms with Gasteiger partial charge in [-0.05, 0) is 28.7 Å². The highest BCUT2D eigenvalue weighted by atomic mass is 127. The first-order valence-corrected chi connectivity index (χ1v) is 5.80. The topological polar surface area (TPSA) is 98.3 Å². The molecule has 1 aromatic heterocycles. The smallest absolute Gasteiger partial charge is 0.270 e. The zero-order valence-electron chi connectivity index (χ0n) is 8.79. The van der Waals surface area contributed by atoms with E-state index in [1.54, 1.807) is 0 Å². The Kier molecular flexibility index (Phi) is 3.55. The molecule has 0 fully saturated rings. The van der Waals surface area contributed by atoms with E-state index in [2.05, 4.69) is 15.0 Å². The maximum absolute atomic E-state index is 11.9. The van der Waals surface area contributed by atoms with Crippen molar-refractivity contribution >= 4 is 39.9 Å². The first kappa shape index (κ1) is 12.5. The van der Waals surface area contributed by atoms with E-state index in [1.165, 1.54) is 30.7 Å². The quantitative estimate of drug-likeness (QED) is 0.516. The van der Waals surface area contributed by atoms with E-state index in [4.69, 9.17) is 0 Å². The number of hydrogen-bond acceptors (Lipinski definition) is 5. The Labute approximate surface area is 114 Å². The number of carbonyl (C=O) groups is 1. The third kappa shape index (κ3) is 2.64. The molecule has 2 rings (SSSR count). The fourth-order valence-electron chi connectivity index (χ4n) is 1.27. The minimum atomic E-state index is -0.549. The van der Waals surface area contributed by atoms with Crippen molar-refractivity contribution in [3.8, 4) is 0 Å². The number of non-ortho nitro benzene ring substituents is 1. The van der Waals surface area contributed by atoms with E-state index in [9.17, 15) is 14.9 Å². The molecule has 0 aliphatic rings. The summed E-state index contributed by atoms with van der Waals surface area (Å²) in [4.78, 5) is 22.0. The predicted octanol–water partition coefficient (Wildman–Crippen LogP) is 2.44. The molecular weight excluding hydrogens is 353 g/mol. The number of halogens is 1. The molecule has 92 valence electrons. The molecule has 0 saturated heterocycles. The summed E-state index contributed by atoms with van der Waals surface area (Å²) >= 11 is 1.93. The van der Waals surface area contributed by atoms with Crippen LogP contribution in [0.15, 0.2) is 35.2 Å². The third-order valence-electron chi connectivity index (χ3n) is 2.10. The maximum atomic E-state index is 11.9. The van der Waals surface area contributed by atoms with Crippen LogP contribution in [0.25, 0.3) is 0 Å². The molecule has 0 saturated carbocycles. The average Bonchev–Trinajstić information content (AvgIpc) is 2.81. The molecule has 0 atom stereocenters. The minimum Gasteiger partial charge on any atom is -0.363 e. The van der Waals surface area contributed by atoms with Gasteiger partial charge in [-0.2, -0.15) is 0 Å². The van der Waals surface area contributed by atoms with Crippen LogP contribution >= 0.6 is 22.6 Å². The maximum Gasteiger partial charge on any atom is 0.270 e. The largest absolute Gasteiger partial charge is 0.363 e. The molecule has 1 heterocycles. The van der Waals surface area contributed by atoms with Crippen molar-refractivity contribution in [2.75, 3.05) is 5.32 Å². The van der Waals surface area contributed by atoms with Gasteiger partial charge in [0.1, 0.15) is 12.0 Å². The molecule has 1 aromatic carbocycles. The van der Waals surface area contributed by atoms with Crippen LogP contribution in [0.3, 0.4) is 0 Å². The summed E-state index contributed by atoms with van der Waals surface area (Å²) in [6.45, 7) is 0. The molecule has 18 heavy (non-hydrogen) atoms. The molecule has 1 N–H and O–H groups in total. The van der Waals surface area contributed by atoms with Gasteiger partial charge in [-0.1, -0.05) is 5.16 Å². The van der Waals surface area contributed by atoms with E-state index in [0.717, 1.165) is 0 Å². The van der Waals surface area contributed by atoms with Gasteiger partial charge >= 0.3 is 0 Å². The summed E-state index contributed by atoms with van der Waals surface area (Å²) in [7, 11) is 0. The lowest BCUT2D eigenvalue weighted by Gasteiger charge is -2.04. The second-order valence-corrected chi connectivity index (χ2v) is 4.45. The Hall–Kier alpha value is -1.97. The van der Waals surface area contributed by atoms with Crippen LogP contribution < -0.4 is 5.32 Å². The SMILES string of the molecule is O=C(Nc1cnoc1)c1cc([N+](=O)[O-])ccc1I. The van der Waals surface area contributed by atoms with Crippen molar-refractivity contribution in [3.05, 3.63) is 49.9 Å². The highest BCUT2D eigenvalue weighted by Gasteiger charge is 2.16. The van der Waals surface area contributed by atoms with Crippen molar-refractivity contribution in [2.45, 2.75) is 0 Å². The average molecular weight is 359 g/mol. The lowest BCUT2D eigenvalue weighted by molar-refractivity contribution is -0.384. The number of rotatable bonds is 3. The highest BCUT2D eigenvalue weighted by molar-refractivity contribution is 14.1. The second kappa shape index (κ2) is 5.12. The van der Waals surface area contributed by atoms with Gasteiger partial charge < -0.3 is 9.84 Å². The first-order chi connectivity index (χ1) is 8.58. The van der Waals surface area contributed by atoms with Crippen LogP contribution in [0.4, 0.5) is 11.4 Å². The number of carbonyl (C=O) groups excluding carboxylic acids is 1. The minimum absolute atomic E-state index is 0.133. The van der Waals surface area contributed by atoms with Gasteiger partial charge in [-0.25, -0.2) is 0 Å². The van der Waals surface area contributed by atoms with E-state index < -0.39 is 10.8 Å². The number of aromatic nitrogens is 1. The standard InChI is InChI=1S/C10H6IN3O4/c11-9-2-1-7(14(16)17)3-8(9)10(15)13-6-4-12-18-5-6/h1-5H,(H,13,15). The zero-order chi connectivity index (χ0) is 13.1. The first-order valence-electron chi connectivity index (χ1n) is 4.72. The van der Waals surface area contributed by atoms with Gasteiger partial charge in [0.15, 0.2) is 0 Å². The Bertz CT molecular complexity index is 597. The molecule has 0 aliphatic heterocycles. The Morgan fingerprint density at radius 1 is 1.50 bits per heavy atom. The molecule has 7 nitrogen and oxygen atoms in total. The molecular formula is C10H6IN3O4. The summed E-state index contributed by atoms with van der Waals surface area (Å²) in [5, 5.41) is 16.6. The van der Waals surface area contributed by atoms with Gasteiger partial charge in [-0.3, -0.25) is 14.9 Å². The molecule has 1 amide bonds. The van der Waals surface area contributed by atoms with Gasteiger partial charge in [0, 0.05) is 15.7 Å². The summed E-state index contributed by atoms with van der Waals surface area (Å²) in [5.74, 6) is -0.452. The van der Waals surface area contributed by atoms with E-state index >= 15 is 0 Å². The zero-order valence-corrected chi connectivity index (χ0v) is 10.9. The van der Waals surface area contributed by atoms with Crippen LogP contribution in [0, 0.1) is 13.7 Å². The van der Waals surface area contributed by atoms with Gasteiger partial charge in [0.05, 0.1) is 16.7 Å². The third-order valence-corrected chi connectivity index (χ3v) is 3.04. The summed E-state index contributed by atoms with van der Waals surface area (Å²) in [6, 6.07) is 4.09. The van der Waals surface area contributed by atoms with Crippen molar-refractivity contribution in [1.82, 2.24) is 5.16 Å².